The van der Waals surface area contributed by atoms with Crippen LogP contribution in [0.15, 0.2) is 60.7 Å². The Morgan fingerprint density at radius 2 is 1.74 bits per heavy atom. The molecule has 176 valence electrons. The van der Waals surface area contributed by atoms with Crippen LogP contribution in [0.3, 0.4) is 0 Å². The Kier molecular flexibility index (Phi) is 7.06. The van der Waals surface area contributed by atoms with Gasteiger partial charge in [0.25, 0.3) is 5.91 Å². The van der Waals surface area contributed by atoms with Crippen LogP contribution in [0.25, 0.3) is 0 Å². The van der Waals surface area contributed by atoms with Crippen LogP contribution in [-0.2, 0) is 13.0 Å². The maximum Gasteiger partial charge on any atom is 0.319 e. The Morgan fingerprint density at radius 1 is 0.971 bits per heavy atom. The molecule has 6 nitrogen and oxygen atoms in total. The first kappa shape index (κ1) is 23.2. The first-order valence-corrected chi connectivity index (χ1v) is 11.2. The van der Waals surface area contributed by atoms with Crippen molar-refractivity contribution in [2.75, 3.05) is 29.1 Å². The first-order chi connectivity index (χ1) is 16.5. The minimum Gasteiger partial charge on any atom is -0.388 e. The maximum atomic E-state index is 13.8. The van der Waals surface area contributed by atoms with Gasteiger partial charge in [-0.05, 0) is 60.7 Å². The normalized spacial score (nSPS) is 13.0. The summed E-state index contributed by atoms with van der Waals surface area (Å²) in [5, 5.41) is 7.84. The molecular weight excluding hydrogens is 438 g/mol. The molecule has 34 heavy (non-hydrogen) atoms. The van der Waals surface area contributed by atoms with E-state index >= 15 is 0 Å². The quantitative estimate of drug-likeness (QED) is 0.479. The lowest BCUT2D eigenvalue weighted by atomic mass is 10.1. The Bertz CT molecular complexity index is 1190. The highest BCUT2D eigenvalue weighted by Gasteiger charge is 2.23. The van der Waals surface area contributed by atoms with Gasteiger partial charge in [0.05, 0.1) is 0 Å². The van der Waals surface area contributed by atoms with E-state index in [0.29, 0.717) is 17.8 Å². The number of fused-ring (bicyclic) bond motifs is 1. The van der Waals surface area contributed by atoms with Crippen LogP contribution in [0.2, 0.25) is 0 Å². The van der Waals surface area contributed by atoms with Gasteiger partial charge >= 0.3 is 6.03 Å². The number of amides is 3. The Labute approximate surface area is 197 Å². The van der Waals surface area contributed by atoms with Crippen LogP contribution in [0, 0.1) is 11.6 Å². The zero-order valence-corrected chi connectivity index (χ0v) is 18.8. The number of carbonyl (C=O) groups excluding carboxylic acids is 2. The van der Waals surface area contributed by atoms with Gasteiger partial charge in [0.1, 0.15) is 17.3 Å². The highest BCUT2D eigenvalue weighted by atomic mass is 19.1. The summed E-state index contributed by atoms with van der Waals surface area (Å²) >= 11 is 0. The SMILES string of the molecule is CNc1cc(C(=O)N2CCCCc3ccccc32)ccc1CNC(=O)Nc1c(F)cccc1F. The third kappa shape index (κ3) is 5.01. The van der Waals surface area contributed by atoms with E-state index in [1.165, 1.54) is 11.6 Å². The van der Waals surface area contributed by atoms with E-state index in [2.05, 4.69) is 22.0 Å². The van der Waals surface area contributed by atoms with Crippen LogP contribution in [0.5, 0.6) is 0 Å². The summed E-state index contributed by atoms with van der Waals surface area (Å²) in [5.74, 6) is -1.80. The number of nitrogens with zero attached hydrogens (tertiary/aromatic N) is 1. The molecule has 3 aromatic rings. The minimum atomic E-state index is -0.857. The molecule has 0 fully saturated rings. The summed E-state index contributed by atoms with van der Waals surface area (Å²) in [5.41, 5.74) is 3.53. The predicted molar refractivity (Wildman–Crippen MR) is 129 cm³/mol. The minimum absolute atomic E-state index is 0.0851. The highest BCUT2D eigenvalue weighted by Crippen LogP contribution is 2.28. The molecule has 0 aromatic heterocycles. The second-order valence-electron chi connectivity index (χ2n) is 8.07. The lowest BCUT2D eigenvalue weighted by Crippen LogP contribution is -2.32. The summed E-state index contributed by atoms with van der Waals surface area (Å²) in [4.78, 5) is 27.4. The molecular formula is C26H26F2N4O2. The summed E-state index contributed by atoms with van der Waals surface area (Å²) in [6, 6.07) is 15.8. The van der Waals surface area contributed by atoms with E-state index in [9.17, 15) is 18.4 Å². The van der Waals surface area contributed by atoms with Crippen molar-refractivity contribution in [1.82, 2.24) is 5.32 Å². The van der Waals surface area contributed by atoms with Crippen LogP contribution < -0.4 is 20.9 Å². The van der Waals surface area contributed by atoms with Crippen molar-refractivity contribution in [2.45, 2.75) is 25.8 Å². The van der Waals surface area contributed by atoms with Gasteiger partial charge in [-0.2, -0.15) is 0 Å². The van der Waals surface area contributed by atoms with Crippen molar-refractivity contribution in [3.05, 3.63) is 89.0 Å². The molecule has 1 aliphatic rings. The fourth-order valence-electron chi connectivity index (χ4n) is 4.10. The molecule has 0 saturated heterocycles. The molecule has 0 bridgehead atoms. The van der Waals surface area contributed by atoms with Gasteiger partial charge in [0, 0.05) is 37.1 Å². The van der Waals surface area contributed by atoms with Gasteiger partial charge in [0.2, 0.25) is 0 Å². The zero-order chi connectivity index (χ0) is 24.1. The average Bonchev–Trinajstić information content (AvgIpc) is 3.07. The van der Waals surface area contributed by atoms with Gasteiger partial charge in [-0.15, -0.1) is 0 Å². The molecule has 1 aliphatic heterocycles. The lowest BCUT2D eigenvalue weighted by molar-refractivity contribution is 0.0987. The molecule has 8 heteroatoms. The van der Waals surface area contributed by atoms with Crippen LogP contribution in [0.1, 0.15) is 34.3 Å². The number of hydrogen-bond donors (Lipinski definition) is 3. The maximum absolute atomic E-state index is 13.8. The molecule has 3 aromatic carbocycles. The average molecular weight is 465 g/mol. The molecule has 0 atom stereocenters. The fourth-order valence-corrected chi connectivity index (χ4v) is 4.10. The number of hydrogen-bond acceptors (Lipinski definition) is 3. The topological polar surface area (TPSA) is 73.5 Å². The summed E-state index contributed by atoms with van der Waals surface area (Å²) < 4.78 is 27.5. The van der Waals surface area contributed by atoms with E-state index < -0.39 is 23.4 Å². The molecule has 0 aliphatic carbocycles. The zero-order valence-electron chi connectivity index (χ0n) is 18.8. The summed E-state index contributed by atoms with van der Waals surface area (Å²) in [6.45, 7) is 0.750. The predicted octanol–water partition coefficient (Wildman–Crippen LogP) is 5.31. The molecule has 0 spiro atoms. The molecule has 0 saturated carbocycles. The second kappa shape index (κ2) is 10.3. The highest BCUT2D eigenvalue weighted by molar-refractivity contribution is 6.07. The number of para-hydroxylation sites is 2. The van der Waals surface area contributed by atoms with E-state index in [4.69, 9.17) is 0 Å². The first-order valence-electron chi connectivity index (χ1n) is 11.2. The Morgan fingerprint density at radius 3 is 2.50 bits per heavy atom. The van der Waals surface area contributed by atoms with E-state index in [-0.39, 0.29) is 12.5 Å². The van der Waals surface area contributed by atoms with Crippen molar-refractivity contribution in [1.29, 1.82) is 0 Å². The van der Waals surface area contributed by atoms with Gasteiger partial charge in [-0.25, -0.2) is 13.6 Å². The third-order valence-electron chi connectivity index (χ3n) is 5.87. The third-order valence-corrected chi connectivity index (χ3v) is 5.87. The molecule has 3 N–H and O–H groups in total. The van der Waals surface area contributed by atoms with Gasteiger partial charge < -0.3 is 20.9 Å². The van der Waals surface area contributed by atoms with Crippen molar-refractivity contribution in [2.24, 2.45) is 0 Å². The molecule has 1 heterocycles. The smallest absolute Gasteiger partial charge is 0.319 e. The Balaban J connectivity index is 1.48. The largest absolute Gasteiger partial charge is 0.388 e. The number of halogens is 2. The monoisotopic (exact) mass is 464 g/mol. The number of aryl methyl sites for hydroxylation is 1. The lowest BCUT2D eigenvalue weighted by Gasteiger charge is -2.23. The van der Waals surface area contributed by atoms with Crippen molar-refractivity contribution in [3.63, 3.8) is 0 Å². The molecule has 4 rings (SSSR count). The number of rotatable bonds is 5. The van der Waals surface area contributed by atoms with Gasteiger partial charge in [0.15, 0.2) is 0 Å². The molecule has 3 amide bonds. The van der Waals surface area contributed by atoms with E-state index in [0.717, 1.165) is 42.6 Å². The van der Waals surface area contributed by atoms with Crippen LogP contribution in [0.4, 0.5) is 30.6 Å². The second-order valence-corrected chi connectivity index (χ2v) is 8.07. The van der Waals surface area contributed by atoms with Crippen molar-refractivity contribution < 1.29 is 18.4 Å². The standard InChI is InChI=1S/C26H26F2N4O2/c1-29-22-15-18(25(33)32-14-5-4-8-17-7-2-3-11-23(17)32)12-13-19(22)16-30-26(34)31-24-20(27)9-6-10-21(24)28/h2-3,6-7,9-13,15,29H,4-5,8,14,16H2,1H3,(H2,30,31,34). The van der Waals surface area contributed by atoms with E-state index in [1.54, 1.807) is 25.2 Å². The number of carbonyl (C=O) groups is 2. The number of benzene rings is 3. The number of nitrogens with one attached hydrogen (secondary N) is 3. The number of urea groups is 1. The number of anilines is 3. The fraction of sp³-hybridized carbons (Fsp3) is 0.231. The summed E-state index contributed by atoms with van der Waals surface area (Å²) in [6.07, 6.45) is 2.91. The van der Waals surface area contributed by atoms with Crippen molar-refractivity contribution in [3.8, 4) is 0 Å². The Hall–Kier alpha value is -3.94. The van der Waals surface area contributed by atoms with Crippen molar-refractivity contribution >= 4 is 29.0 Å². The summed E-state index contributed by atoms with van der Waals surface area (Å²) in [7, 11) is 1.73. The van der Waals surface area contributed by atoms with Crippen LogP contribution in [-0.4, -0.2) is 25.5 Å². The van der Waals surface area contributed by atoms with Gasteiger partial charge in [-0.3, -0.25) is 4.79 Å². The van der Waals surface area contributed by atoms with Crippen LogP contribution >= 0.6 is 0 Å². The molecule has 0 unspecified atom stereocenters. The molecule has 0 radical (unpaired) electrons. The van der Waals surface area contributed by atoms with E-state index in [1.807, 2.05) is 23.1 Å². The van der Waals surface area contributed by atoms with Gasteiger partial charge in [-0.1, -0.05) is 30.3 Å².